The van der Waals surface area contributed by atoms with Crippen LogP contribution in [0.5, 0.6) is 23.0 Å². The van der Waals surface area contributed by atoms with Crippen molar-refractivity contribution >= 4 is 43.6 Å². The van der Waals surface area contributed by atoms with Gasteiger partial charge in [-0.25, -0.2) is 0 Å². The predicted octanol–water partition coefficient (Wildman–Crippen LogP) is 24.8. The Hall–Kier alpha value is -6.71. The van der Waals surface area contributed by atoms with E-state index < -0.39 is 43.3 Å². The summed E-state index contributed by atoms with van der Waals surface area (Å²) in [5, 5.41) is 4.47. The van der Waals surface area contributed by atoms with Gasteiger partial charge in [-0.3, -0.25) is 0 Å². The third-order valence-corrected chi connectivity index (χ3v) is 24.1. The molecule has 496 valence electrons. The standard InChI is InChI=1S/C83H100F2N2O4.2CH3.Hf/c1-76(2,3)48-82(19,20)54-38-64(74(88)70(44-54)86-66-40-50(78(7,8)9)24-30-58(66)59-31-25-51(41-67(59)86)79(10,11)12)62-46-56(84)28-34-72(62)90-36-23-37-91-73-35-29-57(85)47-63(73)65-39-55(83(21,22)49-77(4,5)6)45-71(75(65)89)87-68-42-52(80(13,14)15)26-32-60(68)61-33-27-53(43-69(61)87)81(16,17)18;;;/h24-35,38-47,88-89H,23,36-37,48-49H2,1-22H3;2*1H3;/q;;;+2/p-2. The Morgan fingerprint density at radius 2 is 0.649 bits per heavy atom. The summed E-state index contributed by atoms with van der Waals surface area (Å²) < 4.78 is 73.1. The van der Waals surface area contributed by atoms with Crippen LogP contribution in [-0.2, 0) is 53.3 Å². The SMILES string of the molecule is CC(C)(C)CC(C)(C)c1cc2c(c(-n3c4cc(C(C)(C)C)ccc4c4ccc(C(C)(C)C)cc43)c1)[O][Hf]([CH3])([CH3])[O]c1c(cc(C(C)(C)CC(C)(C)C)cc1-n1c3cc(C(C)(C)C)ccc3c3ccc(C(C)(C)C)cc31)-c1cc(F)ccc1OCCCOc1ccc(F)cc1-2. The third kappa shape index (κ3) is 13.8. The molecule has 0 aliphatic carbocycles. The van der Waals surface area contributed by atoms with E-state index in [1.54, 1.807) is 24.3 Å². The van der Waals surface area contributed by atoms with Gasteiger partial charge in [0.2, 0.25) is 0 Å². The van der Waals surface area contributed by atoms with Gasteiger partial charge in [0.15, 0.2) is 0 Å². The fourth-order valence-corrected chi connectivity index (χ4v) is 20.1. The van der Waals surface area contributed by atoms with Crippen LogP contribution in [0.15, 0.2) is 133 Å². The number of halogens is 2. The van der Waals surface area contributed by atoms with E-state index in [0.717, 1.165) is 79.0 Å². The Balaban J connectivity index is 1.33. The number of fused-ring (bicyclic) bond motifs is 12. The first-order valence-corrected chi connectivity index (χ1v) is 44.3. The molecule has 11 rings (SSSR count). The van der Waals surface area contributed by atoms with Gasteiger partial charge in [-0.15, -0.1) is 0 Å². The van der Waals surface area contributed by atoms with Gasteiger partial charge < -0.3 is 0 Å². The molecule has 0 fully saturated rings. The molecule has 6 nitrogen and oxygen atoms in total. The second kappa shape index (κ2) is 23.8. The molecule has 0 saturated carbocycles. The van der Waals surface area contributed by atoms with E-state index in [0.29, 0.717) is 51.7 Å². The molecule has 0 unspecified atom stereocenters. The van der Waals surface area contributed by atoms with E-state index in [1.807, 2.05) is 0 Å². The van der Waals surface area contributed by atoms with Gasteiger partial charge in [0.25, 0.3) is 0 Å². The average molecular weight is 1430 g/mol. The van der Waals surface area contributed by atoms with E-state index in [4.69, 9.17) is 15.2 Å². The molecule has 0 radical (unpaired) electrons. The van der Waals surface area contributed by atoms with Crippen molar-refractivity contribution in [2.75, 3.05) is 13.2 Å². The van der Waals surface area contributed by atoms with E-state index in [1.165, 1.54) is 34.4 Å². The second-order valence-corrected chi connectivity index (χ2v) is 47.0. The number of hydrogen-bond acceptors (Lipinski definition) is 4. The first-order valence-electron chi connectivity index (χ1n) is 34.2. The number of aromatic nitrogens is 2. The Kier molecular flexibility index (Phi) is 17.4. The fourth-order valence-electron chi connectivity index (χ4n) is 14.8. The van der Waals surface area contributed by atoms with Crippen molar-refractivity contribution in [2.24, 2.45) is 10.8 Å². The van der Waals surface area contributed by atoms with Gasteiger partial charge in [0, 0.05) is 0 Å². The van der Waals surface area contributed by atoms with E-state index in [-0.39, 0.29) is 45.7 Å². The molecule has 0 N–H and O–H groups in total. The van der Waals surface area contributed by atoms with Crippen LogP contribution in [-0.4, -0.2) is 22.3 Å². The molecule has 2 aromatic heterocycles. The summed E-state index contributed by atoms with van der Waals surface area (Å²) in [7, 11) is 0. The van der Waals surface area contributed by atoms with Crippen LogP contribution in [0.3, 0.4) is 0 Å². The molecule has 94 heavy (non-hydrogen) atoms. The van der Waals surface area contributed by atoms with Crippen LogP contribution in [0.25, 0.3) is 77.2 Å². The first kappa shape index (κ1) is 68.7. The molecular formula is C85H104F2HfN2O4. The summed E-state index contributed by atoms with van der Waals surface area (Å²) in [5.74, 6) is 1.41. The predicted molar refractivity (Wildman–Crippen MR) is 390 cm³/mol. The number of benzene rings is 8. The van der Waals surface area contributed by atoms with Crippen molar-refractivity contribution in [1.29, 1.82) is 0 Å². The monoisotopic (exact) mass is 1430 g/mol. The average Bonchev–Trinajstić information content (AvgIpc) is 1.50. The van der Waals surface area contributed by atoms with Crippen LogP contribution in [0, 0.1) is 22.5 Å². The number of hydrogen-bond donors (Lipinski definition) is 0. The molecule has 0 amide bonds. The molecular weight excluding hydrogens is 1330 g/mol. The summed E-state index contributed by atoms with van der Waals surface area (Å²) in [6.07, 6.45) is 2.17. The van der Waals surface area contributed by atoms with Crippen molar-refractivity contribution in [1.82, 2.24) is 9.13 Å². The minimum atomic E-state index is -5.15. The molecule has 1 aliphatic rings. The van der Waals surface area contributed by atoms with Crippen molar-refractivity contribution < 1.29 is 44.8 Å². The molecule has 0 bridgehead atoms. The number of ether oxygens (including phenoxy) is 2. The summed E-state index contributed by atoms with van der Waals surface area (Å²) in [4.78, 5) is 0. The molecule has 0 spiro atoms. The van der Waals surface area contributed by atoms with Gasteiger partial charge in [-0.1, -0.05) is 0 Å². The van der Waals surface area contributed by atoms with Crippen molar-refractivity contribution in [3.8, 4) is 56.6 Å². The normalized spacial score (nSPS) is 14.9. The Labute approximate surface area is 566 Å². The molecule has 0 atom stereocenters. The third-order valence-electron chi connectivity index (χ3n) is 19.1. The van der Waals surface area contributed by atoms with Gasteiger partial charge >= 0.3 is 570 Å². The quantitative estimate of drug-likeness (QED) is 0.156. The second-order valence-electron chi connectivity index (χ2n) is 35.5. The Morgan fingerprint density at radius 1 is 0.351 bits per heavy atom. The van der Waals surface area contributed by atoms with Gasteiger partial charge in [-0.2, -0.15) is 0 Å². The Morgan fingerprint density at radius 3 is 0.926 bits per heavy atom. The molecule has 1 aliphatic heterocycles. The minimum absolute atomic E-state index is 0.0599. The zero-order valence-electron chi connectivity index (χ0n) is 61.0. The van der Waals surface area contributed by atoms with E-state index in [9.17, 15) is 0 Å². The van der Waals surface area contributed by atoms with Crippen LogP contribution in [0.4, 0.5) is 8.78 Å². The number of rotatable bonds is 6. The van der Waals surface area contributed by atoms with Crippen molar-refractivity contribution in [3.05, 3.63) is 178 Å². The maximum absolute atomic E-state index is 16.7. The van der Waals surface area contributed by atoms with Crippen molar-refractivity contribution in [3.63, 3.8) is 0 Å². The summed E-state index contributed by atoms with van der Waals surface area (Å²) in [6.45, 7) is 50.9. The topological polar surface area (TPSA) is 46.8 Å². The van der Waals surface area contributed by atoms with Crippen molar-refractivity contribution in [2.45, 2.75) is 213 Å². The summed E-state index contributed by atoms with van der Waals surface area (Å²) in [6, 6.07) is 46.7. The number of nitrogens with zero attached hydrogens (tertiary/aromatic N) is 2. The van der Waals surface area contributed by atoms with Crippen LogP contribution < -0.4 is 15.2 Å². The molecule has 10 aromatic rings. The van der Waals surface area contributed by atoms with Crippen LogP contribution in [0.1, 0.15) is 205 Å². The van der Waals surface area contributed by atoms with E-state index in [2.05, 4.69) is 268 Å². The van der Waals surface area contributed by atoms with Gasteiger partial charge in [-0.05, 0) is 0 Å². The van der Waals surface area contributed by atoms with Crippen LogP contribution >= 0.6 is 0 Å². The van der Waals surface area contributed by atoms with E-state index >= 15 is 8.78 Å². The first-order chi connectivity index (χ1) is 43.4. The van der Waals surface area contributed by atoms with Crippen LogP contribution in [0.2, 0.25) is 9.36 Å². The molecule has 8 aromatic carbocycles. The zero-order valence-corrected chi connectivity index (χ0v) is 64.6. The maximum atomic E-state index is 16.7. The fraction of sp³-hybridized carbons (Fsp3) is 0.435. The Bertz CT molecular complexity index is 4160. The molecule has 0 saturated heterocycles. The summed E-state index contributed by atoms with van der Waals surface area (Å²) >= 11 is -5.15. The molecule has 3 heterocycles. The summed E-state index contributed by atoms with van der Waals surface area (Å²) in [5.41, 5.74) is 13.6. The zero-order chi connectivity index (χ0) is 68.6. The van der Waals surface area contributed by atoms with Gasteiger partial charge in [0.1, 0.15) is 0 Å². The molecule has 9 heteroatoms. The van der Waals surface area contributed by atoms with Gasteiger partial charge in [0.05, 0.1) is 0 Å².